The Morgan fingerprint density at radius 1 is 0.504 bits per heavy atom. The molecule has 2 aliphatic heterocycles. The molecule has 2 aromatic heterocycles. The number of ether oxygens (including phenoxy) is 2. The highest BCUT2D eigenvalue weighted by Gasteiger charge is 2.46. The molecule has 12 rings (SSSR count). The van der Waals surface area contributed by atoms with E-state index in [0.717, 1.165) is 102 Å². The number of thiazole rings is 2. The molecule has 0 saturated carbocycles. The lowest BCUT2D eigenvalue weighted by Crippen LogP contribution is -2.50. The Bertz CT molecular complexity index is 5490. The van der Waals surface area contributed by atoms with Gasteiger partial charge in [-0.25, -0.2) is 9.97 Å². The molecule has 4 heterocycles. The van der Waals surface area contributed by atoms with Gasteiger partial charge < -0.3 is 60.3 Å². The number of rotatable bonds is 39. The average molecular weight is 1820 g/mol. The number of β-amino-alcohol motifs (C(OH)–C–C–N with tert-alkyl or cyclic N) is 2. The van der Waals surface area contributed by atoms with Crippen LogP contribution in [0.3, 0.4) is 0 Å². The van der Waals surface area contributed by atoms with Gasteiger partial charge in [0, 0.05) is 103 Å². The highest BCUT2D eigenvalue weighted by atomic mass is 32.1. The highest BCUT2D eigenvalue weighted by molar-refractivity contribution is 7.13. The normalized spacial score (nSPS) is 15.7. The number of Topliss-reactive ketones (excluding diaryl/α,β-unsaturated/α-hetero) is 3. The van der Waals surface area contributed by atoms with Crippen molar-refractivity contribution in [2.75, 3.05) is 53.5 Å². The Balaban J connectivity index is 0.000000227. The fraction of sp³-hybridized carbons (Fsp3) is 0.383. The van der Waals surface area contributed by atoms with Gasteiger partial charge in [-0.1, -0.05) is 213 Å². The standard InChI is InChI=1S/C53H62N4O7S.C29H38N2O6S.C25H27NO2/c1-7-45(37-12-9-8-10-13-37)49(38-20-24-41(58)25-21-38)39-22-26-44(27-23-39)64-29-28-56(6)48(61)15-11-14-42(59)30-46(53(3,4)5)52(63)57-33-43(60)31-47(57)51(62)54-32-36-16-18-40(19-17-36)50-35(2)55-34-65-50;1-18-27(38-17-30-18)20-11-8-19(9-12-20)10-13-25(34)24-15-22(33)16-31(24)28(37)23(29(2,3)4)14-21(32)6-5-7-26(35)36;1-3-24(19-7-5-4-6-8-19)25(20-9-13-22(27)14-10-20)21-11-15-23(16-12-21)28-18-17-26-2/h8-10,12-13,16-27,34,43,46-47,58,60H,7,11,14-15,28-33H2,1-6H3,(H,54,62);8-9,11-12,17,22-24,33H,5-7,10,13-16H2,1-4H3,(H,35,36);4-16,26-27H,3,17-18H2,1-2H3/t43-,46-,47+;22-,23-,24+;/m11./s1. The van der Waals surface area contributed by atoms with Gasteiger partial charge in [0.2, 0.25) is 23.6 Å². The summed E-state index contributed by atoms with van der Waals surface area (Å²) in [7, 11) is 3.63. The molecule has 0 aliphatic carbocycles. The van der Waals surface area contributed by atoms with Gasteiger partial charge in [-0.15, -0.1) is 22.7 Å². The first kappa shape index (κ1) is 101. The van der Waals surface area contributed by atoms with Crippen molar-refractivity contribution in [1.29, 1.82) is 0 Å². The van der Waals surface area contributed by atoms with E-state index in [9.17, 15) is 58.8 Å². The number of carbonyl (C=O) groups is 8. The van der Waals surface area contributed by atoms with Gasteiger partial charge in [0.25, 0.3) is 0 Å². The number of phenolic OH excluding ortho intramolecular Hbond substituents is 2. The molecule has 0 radical (unpaired) electrons. The van der Waals surface area contributed by atoms with E-state index < -0.39 is 52.9 Å². The number of likely N-dealkylation sites (tertiary alicyclic amines) is 2. The summed E-state index contributed by atoms with van der Waals surface area (Å²) in [5.41, 5.74) is 19.8. The molecule has 22 nitrogen and oxygen atoms in total. The third kappa shape index (κ3) is 29.2. The van der Waals surface area contributed by atoms with Gasteiger partial charge in [-0.2, -0.15) is 0 Å². The van der Waals surface area contributed by atoms with Crippen LogP contribution in [-0.2, 0) is 51.3 Å². The van der Waals surface area contributed by atoms with Crippen molar-refractivity contribution in [3.05, 3.63) is 273 Å². The van der Waals surface area contributed by atoms with Crippen LogP contribution >= 0.6 is 22.7 Å². The van der Waals surface area contributed by atoms with Crippen LogP contribution in [0.15, 0.2) is 217 Å². The second kappa shape index (κ2) is 48.7. The van der Waals surface area contributed by atoms with E-state index in [1.807, 2.05) is 207 Å². The molecule has 2 fully saturated rings. The van der Waals surface area contributed by atoms with Gasteiger partial charge in [0.05, 0.1) is 57.0 Å². The number of carbonyl (C=O) groups excluding carboxylic acids is 7. The fourth-order valence-corrected chi connectivity index (χ4v) is 18.2. The highest BCUT2D eigenvalue weighted by Crippen LogP contribution is 2.41. The molecule has 10 aromatic rings. The smallest absolute Gasteiger partial charge is 0.303 e. The van der Waals surface area contributed by atoms with Crippen molar-refractivity contribution in [2.24, 2.45) is 22.7 Å². The van der Waals surface area contributed by atoms with Gasteiger partial charge in [0.1, 0.15) is 53.8 Å². The molecule has 0 spiro atoms. The molecule has 4 amide bonds. The minimum absolute atomic E-state index is 0.0129. The van der Waals surface area contributed by atoms with E-state index in [2.05, 4.69) is 83.0 Å². The number of nitrogens with one attached hydrogen (secondary N) is 2. The zero-order valence-electron chi connectivity index (χ0n) is 77.5. The van der Waals surface area contributed by atoms with Crippen LogP contribution in [0.5, 0.6) is 23.0 Å². The number of amides is 4. The summed E-state index contributed by atoms with van der Waals surface area (Å²) in [6.45, 7) is 22.0. The number of hydrogen-bond acceptors (Lipinski definition) is 19. The third-order valence-corrected chi connectivity index (χ3v) is 25.9. The number of carboxylic acid groups (broad SMARTS) is 1. The van der Waals surface area contributed by atoms with Crippen LogP contribution in [0.4, 0.5) is 0 Å². The molecule has 8 aromatic carbocycles. The first-order chi connectivity index (χ1) is 62.7. The van der Waals surface area contributed by atoms with E-state index in [-0.39, 0.29) is 143 Å². The minimum Gasteiger partial charge on any atom is -0.508 e. The lowest BCUT2D eigenvalue weighted by molar-refractivity contribution is -0.146. The lowest BCUT2D eigenvalue weighted by atomic mass is 9.76. The Labute approximate surface area is 778 Å². The number of allylic oxidation sites excluding steroid dienone is 2. The first-order valence-corrected chi connectivity index (χ1v) is 47.0. The lowest BCUT2D eigenvalue weighted by Gasteiger charge is -2.34. The summed E-state index contributed by atoms with van der Waals surface area (Å²) in [5, 5.41) is 55.5. The van der Waals surface area contributed by atoms with Crippen molar-refractivity contribution in [3.8, 4) is 43.9 Å². The van der Waals surface area contributed by atoms with Crippen LogP contribution in [0.2, 0.25) is 0 Å². The Kier molecular flexibility index (Phi) is 37.6. The number of aromatic nitrogens is 2. The number of aromatic hydroxyl groups is 2. The van der Waals surface area contributed by atoms with Crippen molar-refractivity contribution < 1.29 is 73.4 Å². The summed E-state index contributed by atoms with van der Waals surface area (Å²) >= 11 is 3.16. The van der Waals surface area contributed by atoms with Crippen molar-refractivity contribution in [1.82, 2.24) is 35.3 Å². The molecule has 2 aliphatic rings. The van der Waals surface area contributed by atoms with Crippen molar-refractivity contribution >= 4 is 91.9 Å². The first-order valence-electron chi connectivity index (χ1n) is 45.2. The number of nitrogens with zero attached hydrogens (tertiary/aromatic N) is 5. The zero-order valence-corrected chi connectivity index (χ0v) is 79.1. The third-order valence-electron chi connectivity index (χ3n) is 24.0. The van der Waals surface area contributed by atoms with E-state index >= 15 is 0 Å². The molecular formula is C107H127N7O15S2. The number of aryl methyl sites for hydroxylation is 3. The Morgan fingerprint density at radius 2 is 0.908 bits per heavy atom. The molecule has 2 saturated heterocycles. The number of carboxylic acids is 1. The number of hydrogen-bond donors (Lipinski definition) is 7. The summed E-state index contributed by atoms with van der Waals surface area (Å²) in [5.74, 6) is -1.80. The number of phenols is 2. The summed E-state index contributed by atoms with van der Waals surface area (Å²) in [6.07, 6.45) is 2.00. The molecule has 6 atom stereocenters. The van der Waals surface area contributed by atoms with Crippen LogP contribution in [0, 0.1) is 36.5 Å². The maximum absolute atomic E-state index is 14.1. The Morgan fingerprint density at radius 3 is 1.31 bits per heavy atom. The average Bonchev–Trinajstić information content (AvgIpc) is 1.78. The number of aliphatic hydroxyl groups excluding tert-OH is 2. The predicted molar refractivity (Wildman–Crippen MR) is 519 cm³/mol. The summed E-state index contributed by atoms with van der Waals surface area (Å²) < 4.78 is 11.8. The van der Waals surface area contributed by atoms with Crippen LogP contribution < -0.4 is 20.1 Å². The molecule has 0 bridgehead atoms. The maximum atomic E-state index is 14.1. The van der Waals surface area contributed by atoms with Gasteiger partial charge in [-0.05, 0) is 190 Å². The molecule has 131 heavy (non-hydrogen) atoms. The molecule has 0 unspecified atom stereocenters. The number of likely N-dealkylation sites (N-methyl/N-ethyl adjacent to an activating group) is 2. The minimum atomic E-state index is -0.959. The molecular weight excluding hydrogens is 1690 g/mol. The zero-order chi connectivity index (χ0) is 94.5. The van der Waals surface area contributed by atoms with Crippen molar-refractivity contribution in [2.45, 2.75) is 190 Å². The predicted octanol–water partition coefficient (Wildman–Crippen LogP) is 18.9. The fourth-order valence-electron chi connectivity index (χ4n) is 16.6. The second-order valence-electron chi connectivity index (χ2n) is 35.7. The second-order valence-corrected chi connectivity index (χ2v) is 37.4. The molecule has 24 heteroatoms. The van der Waals surface area contributed by atoms with Crippen LogP contribution in [0.1, 0.15) is 195 Å². The number of aliphatic hydroxyl groups is 2. The number of ketones is 3. The summed E-state index contributed by atoms with van der Waals surface area (Å²) in [6, 6.07) is 65.9. The van der Waals surface area contributed by atoms with Crippen LogP contribution in [0.25, 0.3) is 43.2 Å². The number of benzene rings is 8. The summed E-state index contributed by atoms with van der Waals surface area (Å²) in [4.78, 5) is 120. The van der Waals surface area contributed by atoms with Gasteiger partial charge in [-0.3, -0.25) is 38.4 Å². The van der Waals surface area contributed by atoms with E-state index in [1.165, 1.54) is 32.1 Å². The molecule has 692 valence electrons. The molecule has 7 N–H and O–H groups in total. The largest absolute Gasteiger partial charge is 0.508 e. The maximum Gasteiger partial charge on any atom is 0.303 e. The Hall–Kier alpha value is -12.1. The van der Waals surface area contributed by atoms with E-state index in [4.69, 9.17) is 14.6 Å². The van der Waals surface area contributed by atoms with Gasteiger partial charge in [0.15, 0.2) is 5.78 Å². The monoisotopic (exact) mass is 1810 g/mol. The van der Waals surface area contributed by atoms with Crippen LogP contribution in [-0.4, -0.2) is 175 Å². The van der Waals surface area contributed by atoms with Crippen molar-refractivity contribution in [3.63, 3.8) is 0 Å². The number of aliphatic carboxylic acids is 1. The quantitative estimate of drug-likeness (QED) is 0.0139. The van der Waals surface area contributed by atoms with E-state index in [1.54, 1.807) is 58.9 Å². The van der Waals surface area contributed by atoms with E-state index in [0.29, 0.717) is 31.7 Å². The SMILES string of the molecule is CCC(=C(c1ccc(O)cc1)c1ccc(OCCN(C)C(=O)CCCC(=O)C[C@H](C(=O)N2C[C@H](O)C[C@H]2C(=O)NCc2ccc(-c3scnc3C)cc2)C(C)(C)C)cc1)c1ccccc1.CCC(=C(c1ccc(O)cc1)c1ccc(OCCNC)cc1)c1ccccc1.Cc1ncsc1-c1ccc(CCC(=O)[C@@H]2C[C@@H](O)CN2C(=O)[C@@H](CC(=O)CCCC(=O)O)C(C)(C)C)cc1. The van der Waals surface area contributed by atoms with Gasteiger partial charge >= 0.3 is 5.97 Å². The topological polar surface area (TPSA) is 316 Å².